The van der Waals surface area contributed by atoms with E-state index < -0.39 is 0 Å². The van der Waals surface area contributed by atoms with Crippen molar-refractivity contribution in [2.24, 2.45) is 0 Å². The molecule has 1 heteroatoms. The lowest BCUT2D eigenvalue weighted by molar-refractivity contribution is 0.337. The molecular weight excluding hydrogens is 146 g/mol. The molecule has 0 radical (unpaired) electrons. The summed E-state index contributed by atoms with van der Waals surface area (Å²) in [6.45, 7) is 9.85. The molecule has 0 rings (SSSR count). The first-order valence-corrected chi connectivity index (χ1v) is 4.96. The first-order chi connectivity index (χ1) is 5.85. The van der Waals surface area contributed by atoms with Crippen molar-refractivity contribution in [3.8, 4) is 0 Å². The summed E-state index contributed by atoms with van der Waals surface area (Å²) in [7, 11) is 0. The Morgan fingerprint density at radius 2 is 1.75 bits per heavy atom. The first kappa shape index (κ1) is 11.5. The summed E-state index contributed by atoms with van der Waals surface area (Å²) in [6, 6.07) is 0. The van der Waals surface area contributed by atoms with Crippen molar-refractivity contribution in [2.75, 3.05) is 19.6 Å². The standard InChI is InChI=1S/C11H21N/c1-4-7-8-9-10-11-12(5-2)6-3/h8,10H,4-7,11H2,1-3H3. The van der Waals surface area contributed by atoms with Gasteiger partial charge in [-0.1, -0.05) is 27.2 Å². The quantitative estimate of drug-likeness (QED) is 0.550. The molecule has 0 heterocycles. The van der Waals surface area contributed by atoms with Crippen LogP contribution in [0.1, 0.15) is 33.6 Å². The normalized spacial score (nSPS) is 9.67. The molecule has 0 aromatic heterocycles. The largest absolute Gasteiger partial charge is 0.300 e. The van der Waals surface area contributed by atoms with Crippen LogP contribution in [0.2, 0.25) is 0 Å². The second-order valence-electron chi connectivity index (χ2n) is 2.85. The maximum atomic E-state index is 3.19. The molecule has 0 aliphatic heterocycles. The lowest BCUT2D eigenvalue weighted by Crippen LogP contribution is -2.22. The van der Waals surface area contributed by atoms with E-state index in [-0.39, 0.29) is 0 Å². The minimum absolute atomic E-state index is 1.03. The number of likely N-dealkylation sites (N-methyl/N-ethyl adjacent to an activating group) is 1. The average molecular weight is 167 g/mol. The Morgan fingerprint density at radius 3 is 2.25 bits per heavy atom. The Morgan fingerprint density at radius 1 is 1.08 bits per heavy atom. The van der Waals surface area contributed by atoms with Gasteiger partial charge < -0.3 is 0 Å². The summed E-state index contributed by atoms with van der Waals surface area (Å²) < 4.78 is 0. The van der Waals surface area contributed by atoms with E-state index >= 15 is 0 Å². The number of nitrogens with zero attached hydrogens (tertiary/aromatic N) is 1. The van der Waals surface area contributed by atoms with E-state index in [1.807, 2.05) is 0 Å². The summed E-state index contributed by atoms with van der Waals surface area (Å²) in [5.74, 6) is 0. The molecule has 0 aromatic rings. The maximum absolute atomic E-state index is 3.19. The van der Waals surface area contributed by atoms with Crippen molar-refractivity contribution in [1.29, 1.82) is 0 Å². The zero-order chi connectivity index (χ0) is 9.23. The number of hydrogen-bond acceptors (Lipinski definition) is 1. The van der Waals surface area contributed by atoms with Crippen molar-refractivity contribution in [3.63, 3.8) is 0 Å². The van der Waals surface area contributed by atoms with E-state index in [9.17, 15) is 0 Å². The molecule has 0 amide bonds. The summed E-state index contributed by atoms with van der Waals surface area (Å²) in [4.78, 5) is 2.37. The van der Waals surface area contributed by atoms with Crippen LogP contribution >= 0.6 is 0 Å². The minimum atomic E-state index is 1.03. The third-order valence-corrected chi connectivity index (χ3v) is 1.91. The van der Waals surface area contributed by atoms with Crippen molar-refractivity contribution in [1.82, 2.24) is 4.90 Å². The van der Waals surface area contributed by atoms with Crippen LogP contribution in [0.25, 0.3) is 0 Å². The van der Waals surface area contributed by atoms with E-state index in [0.717, 1.165) is 26.1 Å². The minimum Gasteiger partial charge on any atom is -0.300 e. The van der Waals surface area contributed by atoms with Gasteiger partial charge in [0.1, 0.15) is 0 Å². The highest BCUT2D eigenvalue weighted by atomic mass is 15.1. The Hall–Kier alpha value is -0.520. The molecule has 0 N–H and O–H groups in total. The van der Waals surface area contributed by atoms with Crippen molar-refractivity contribution in [2.45, 2.75) is 33.6 Å². The number of rotatable bonds is 6. The van der Waals surface area contributed by atoms with Crippen LogP contribution in [0.15, 0.2) is 17.9 Å². The fourth-order valence-corrected chi connectivity index (χ4v) is 0.975. The number of hydrogen-bond donors (Lipinski definition) is 0. The third-order valence-electron chi connectivity index (χ3n) is 1.91. The van der Waals surface area contributed by atoms with E-state index in [0.29, 0.717) is 0 Å². The second-order valence-corrected chi connectivity index (χ2v) is 2.85. The fourth-order valence-electron chi connectivity index (χ4n) is 0.975. The molecular formula is C11H21N. The molecule has 0 unspecified atom stereocenters. The van der Waals surface area contributed by atoms with Gasteiger partial charge in [-0.3, -0.25) is 4.90 Å². The van der Waals surface area contributed by atoms with Gasteiger partial charge in [-0.05, 0) is 31.7 Å². The molecule has 70 valence electrons. The molecule has 0 aromatic carbocycles. The van der Waals surface area contributed by atoms with Crippen LogP contribution in [0.3, 0.4) is 0 Å². The first-order valence-electron chi connectivity index (χ1n) is 4.96. The van der Waals surface area contributed by atoms with Gasteiger partial charge in [0, 0.05) is 6.54 Å². The third kappa shape index (κ3) is 6.21. The smallest absolute Gasteiger partial charge is 0.0237 e. The van der Waals surface area contributed by atoms with Crippen LogP contribution in [0, 0.1) is 0 Å². The van der Waals surface area contributed by atoms with Crippen LogP contribution in [0.4, 0.5) is 0 Å². The van der Waals surface area contributed by atoms with E-state index in [4.69, 9.17) is 0 Å². The summed E-state index contributed by atoms with van der Waals surface area (Å²) >= 11 is 0. The molecule has 12 heavy (non-hydrogen) atoms. The van der Waals surface area contributed by atoms with Gasteiger partial charge in [-0.15, -0.1) is 5.73 Å². The highest BCUT2D eigenvalue weighted by Gasteiger charge is 1.91. The highest BCUT2D eigenvalue weighted by Crippen LogP contribution is 1.88. The van der Waals surface area contributed by atoms with Crippen LogP contribution in [-0.2, 0) is 0 Å². The summed E-state index contributed by atoms with van der Waals surface area (Å²) in [6.07, 6.45) is 6.59. The molecule has 0 aliphatic rings. The Kier molecular flexibility index (Phi) is 8.20. The molecule has 0 atom stereocenters. The Bertz CT molecular complexity index is 139. The summed E-state index contributed by atoms with van der Waals surface area (Å²) in [5.41, 5.74) is 3.19. The van der Waals surface area contributed by atoms with Gasteiger partial charge in [0.05, 0.1) is 0 Å². The molecule has 1 nitrogen and oxygen atoms in total. The van der Waals surface area contributed by atoms with Gasteiger partial charge in [0.15, 0.2) is 0 Å². The predicted molar refractivity (Wildman–Crippen MR) is 55.3 cm³/mol. The van der Waals surface area contributed by atoms with Crippen LogP contribution in [-0.4, -0.2) is 24.5 Å². The molecule has 0 aliphatic carbocycles. The highest BCUT2D eigenvalue weighted by molar-refractivity contribution is 4.86. The fraction of sp³-hybridized carbons (Fsp3) is 0.727. The zero-order valence-corrected chi connectivity index (χ0v) is 8.64. The second kappa shape index (κ2) is 8.58. The average Bonchev–Trinajstić information content (AvgIpc) is 2.11. The van der Waals surface area contributed by atoms with Crippen molar-refractivity contribution >= 4 is 0 Å². The zero-order valence-electron chi connectivity index (χ0n) is 8.64. The maximum Gasteiger partial charge on any atom is 0.0237 e. The molecule has 0 saturated carbocycles. The van der Waals surface area contributed by atoms with Crippen molar-refractivity contribution < 1.29 is 0 Å². The van der Waals surface area contributed by atoms with E-state index in [2.05, 4.69) is 43.6 Å². The molecule has 0 bridgehead atoms. The Balaban J connectivity index is 3.56. The molecule has 0 fully saturated rings. The van der Waals surface area contributed by atoms with E-state index in [1.54, 1.807) is 0 Å². The van der Waals surface area contributed by atoms with Gasteiger partial charge in [-0.2, -0.15) is 0 Å². The SMILES string of the molecule is CCCC=C=CCN(CC)CC. The van der Waals surface area contributed by atoms with Gasteiger partial charge in [0.2, 0.25) is 0 Å². The van der Waals surface area contributed by atoms with Gasteiger partial charge >= 0.3 is 0 Å². The van der Waals surface area contributed by atoms with Crippen molar-refractivity contribution in [3.05, 3.63) is 17.9 Å². The predicted octanol–water partition coefficient (Wildman–Crippen LogP) is 2.84. The van der Waals surface area contributed by atoms with E-state index in [1.165, 1.54) is 6.42 Å². The summed E-state index contributed by atoms with van der Waals surface area (Å²) in [5, 5.41) is 0. The van der Waals surface area contributed by atoms with Gasteiger partial charge in [0.25, 0.3) is 0 Å². The molecule has 0 spiro atoms. The van der Waals surface area contributed by atoms with Gasteiger partial charge in [-0.25, -0.2) is 0 Å². The van der Waals surface area contributed by atoms with Crippen LogP contribution in [0.5, 0.6) is 0 Å². The number of unbranched alkanes of at least 4 members (excludes halogenated alkanes) is 1. The lowest BCUT2D eigenvalue weighted by atomic mass is 10.3. The monoisotopic (exact) mass is 167 g/mol. The van der Waals surface area contributed by atoms with Crippen LogP contribution < -0.4 is 0 Å². The lowest BCUT2D eigenvalue weighted by Gasteiger charge is -2.13. The molecule has 0 saturated heterocycles. The topological polar surface area (TPSA) is 3.24 Å². The Labute approximate surface area is 76.8 Å².